The van der Waals surface area contributed by atoms with Crippen molar-refractivity contribution in [2.24, 2.45) is 0 Å². The van der Waals surface area contributed by atoms with Crippen LogP contribution in [0, 0.1) is 6.92 Å². The van der Waals surface area contributed by atoms with Gasteiger partial charge in [-0.15, -0.1) is 0 Å². The second-order valence-corrected chi connectivity index (χ2v) is 10.8. The molecule has 0 aliphatic carbocycles. The second-order valence-electron chi connectivity index (χ2n) is 8.85. The number of nitrogens with one attached hydrogen (secondary N) is 1. The van der Waals surface area contributed by atoms with Crippen molar-refractivity contribution in [1.82, 2.24) is 9.62 Å². The van der Waals surface area contributed by atoms with Crippen LogP contribution in [0.1, 0.15) is 73.5 Å². The molecule has 1 fully saturated rings. The number of aryl methyl sites for hydroxylation is 1. The Labute approximate surface area is 191 Å². The van der Waals surface area contributed by atoms with Gasteiger partial charge in [0, 0.05) is 30.6 Å². The van der Waals surface area contributed by atoms with Gasteiger partial charge in [0.05, 0.1) is 10.9 Å². The second kappa shape index (κ2) is 8.87. The third-order valence-electron chi connectivity index (χ3n) is 6.95. The zero-order chi connectivity index (χ0) is 22.9. The van der Waals surface area contributed by atoms with Crippen LogP contribution in [-0.2, 0) is 10.0 Å². The van der Waals surface area contributed by atoms with Crippen LogP contribution in [0.2, 0.25) is 0 Å². The summed E-state index contributed by atoms with van der Waals surface area (Å²) in [5, 5.41) is 3.18. The van der Waals surface area contributed by atoms with Crippen LogP contribution in [0.3, 0.4) is 0 Å². The largest absolute Gasteiger partial charge is 0.487 e. The van der Waals surface area contributed by atoms with E-state index in [1.54, 1.807) is 12.1 Å². The molecule has 2 aromatic rings. The average Bonchev–Trinajstić information content (AvgIpc) is 3.35. The van der Waals surface area contributed by atoms with Gasteiger partial charge in [-0.2, -0.15) is 4.31 Å². The predicted octanol–water partition coefficient (Wildman–Crippen LogP) is 4.59. The van der Waals surface area contributed by atoms with Crippen LogP contribution in [0.4, 0.5) is 0 Å². The molecule has 1 atom stereocenters. The minimum absolute atomic E-state index is 0.180. The Morgan fingerprint density at radius 2 is 1.81 bits per heavy atom. The van der Waals surface area contributed by atoms with E-state index in [4.69, 9.17) is 4.74 Å². The summed E-state index contributed by atoms with van der Waals surface area (Å²) in [6, 6.07) is 12.5. The van der Waals surface area contributed by atoms with E-state index in [1.807, 2.05) is 31.2 Å². The molecule has 7 heteroatoms. The molecule has 0 aromatic heterocycles. The fourth-order valence-corrected chi connectivity index (χ4v) is 6.29. The first kappa shape index (κ1) is 22.8. The highest BCUT2D eigenvalue weighted by atomic mass is 32.2. The van der Waals surface area contributed by atoms with E-state index in [9.17, 15) is 13.2 Å². The smallest absolute Gasteiger partial charge is 0.252 e. The topological polar surface area (TPSA) is 75.7 Å². The van der Waals surface area contributed by atoms with Crippen LogP contribution in [-0.4, -0.2) is 37.3 Å². The van der Waals surface area contributed by atoms with Gasteiger partial charge in [-0.3, -0.25) is 4.79 Å². The minimum atomic E-state index is -3.59. The molecule has 2 aromatic carbocycles. The average molecular weight is 457 g/mol. The first-order chi connectivity index (χ1) is 15.3. The van der Waals surface area contributed by atoms with Gasteiger partial charge in [-0.25, -0.2) is 8.42 Å². The highest BCUT2D eigenvalue weighted by molar-refractivity contribution is 7.89. The number of ether oxygens (including phenoxy) is 1. The van der Waals surface area contributed by atoms with Gasteiger partial charge in [-0.05, 0) is 56.4 Å². The van der Waals surface area contributed by atoms with Crippen LogP contribution >= 0.6 is 0 Å². The third kappa shape index (κ3) is 4.16. The molecular weight excluding hydrogens is 424 g/mol. The summed E-state index contributed by atoms with van der Waals surface area (Å²) in [6.07, 6.45) is 4.10. The van der Waals surface area contributed by atoms with Crippen molar-refractivity contribution in [3.63, 3.8) is 0 Å². The van der Waals surface area contributed by atoms with Gasteiger partial charge in [0.15, 0.2) is 0 Å². The molecule has 0 unspecified atom stereocenters. The first-order valence-electron chi connectivity index (χ1n) is 11.5. The van der Waals surface area contributed by atoms with Crippen LogP contribution in [0.5, 0.6) is 5.75 Å². The molecular formula is C25H32N2O4S. The molecule has 2 heterocycles. The lowest BCUT2D eigenvalue weighted by Crippen LogP contribution is -2.44. The van der Waals surface area contributed by atoms with Crippen molar-refractivity contribution in [2.45, 2.75) is 69.4 Å². The van der Waals surface area contributed by atoms with E-state index >= 15 is 0 Å². The number of amides is 1. The maximum absolute atomic E-state index is 13.4. The van der Waals surface area contributed by atoms with Crippen molar-refractivity contribution < 1.29 is 17.9 Å². The molecule has 1 saturated heterocycles. The van der Waals surface area contributed by atoms with Gasteiger partial charge < -0.3 is 10.1 Å². The number of carbonyl (C=O) groups is 1. The Morgan fingerprint density at radius 3 is 2.50 bits per heavy atom. The maximum atomic E-state index is 13.4. The first-order valence-corrected chi connectivity index (χ1v) is 12.9. The van der Waals surface area contributed by atoms with Crippen molar-refractivity contribution in [2.75, 3.05) is 13.1 Å². The number of benzene rings is 2. The lowest BCUT2D eigenvalue weighted by Gasteiger charge is -2.41. The molecule has 32 heavy (non-hydrogen) atoms. The van der Waals surface area contributed by atoms with E-state index in [0.29, 0.717) is 25.1 Å². The zero-order valence-corrected chi connectivity index (χ0v) is 19.9. The Morgan fingerprint density at radius 1 is 1.12 bits per heavy atom. The minimum Gasteiger partial charge on any atom is -0.487 e. The maximum Gasteiger partial charge on any atom is 0.252 e. The Bertz CT molecular complexity index is 1100. The molecule has 0 spiro atoms. The highest BCUT2D eigenvalue weighted by Crippen LogP contribution is 2.42. The van der Waals surface area contributed by atoms with Crippen LogP contribution in [0.15, 0.2) is 47.4 Å². The lowest BCUT2D eigenvalue weighted by atomic mass is 9.83. The molecule has 1 N–H and O–H groups in total. The molecule has 172 valence electrons. The van der Waals surface area contributed by atoms with E-state index in [0.717, 1.165) is 42.6 Å². The van der Waals surface area contributed by atoms with E-state index < -0.39 is 10.0 Å². The summed E-state index contributed by atoms with van der Waals surface area (Å²) in [5.74, 6) is 0.540. The summed E-state index contributed by atoms with van der Waals surface area (Å²) in [6.45, 7) is 7.11. The Balaban J connectivity index is 1.64. The number of nitrogens with zero attached hydrogens (tertiary/aromatic N) is 1. The van der Waals surface area contributed by atoms with E-state index in [1.165, 1.54) is 10.4 Å². The van der Waals surface area contributed by atoms with Gasteiger partial charge in [0.2, 0.25) is 10.0 Å². The molecule has 2 aliphatic rings. The summed E-state index contributed by atoms with van der Waals surface area (Å²) in [7, 11) is -3.59. The van der Waals surface area contributed by atoms with Crippen LogP contribution < -0.4 is 10.1 Å². The molecule has 0 radical (unpaired) electrons. The number of hydrogen-bond donors (Lipinski definition) is 1. The van der Waals surface area contributed by atoms with E-state index in [2.05, 4.69) is 19.2 Å². The van der Waals surface area contributed by atoms with Crippen molar-refractivity contribution in [3.8, 4) is 5.75 Å². The summed E-state index contributed by atoms with van der Waals surface area (Å²) < 4.78 is 33.9. The van der Waals surface area contributed by atoms with Gasteiger partial charge >= 0.3 is 0 Å². The molecule has 6 nitrogen and oxygen atoms in total. The summed E-state index contributed by atoms with van der Waals surface area (Å²) in [4.78, 5) is 13.6. The Kier molecular flexibility index (Phi) is 6.32. The van der Waals surface area contributed by atoms with Crippen LogP contribution in [0.25, 0.3) is 0 Å². The van der Waals surface area contributed by atoms with Gasteiger partial charge in [0.25, 0.3) is 5.91 Å². The van der Waals surface area contributed by atoms with Crippen molar-refractivity contribution >= 4 is 15.9 Å². The van der Waals surface area contributed by atoms with Gasteiger partial charge in [0.1, 0.15) is 11.4 Å². The lowest BCUT2D eigenvalue weighted by molar-refractivity contribution is 0.0227. The predicted molar refractivity (Wildman–Crippen MR) is 124 cm³/mol. The van der Waals surface area contributed by atoms with Crippen molar-refractivity contribution in [3.05, 3.63) is 59.2 Å². The number of hydrogen-bond acceptors (Lipinski definition) is 4. The van der Waals surface area contributed by atoms with E-state index in [-0.39, 0.29) is 22.4 Å². The number of sulfonamides is 1. The number of carbonyl (C=O) groups excluding carboxylic acids is 1. The van der Waals surface area contributed by atoms with Crippen molar-refractivity contribution in [1.29, 1.82) is 0 Å². The highest BCUT2D eigenvalue weighted by Gasteiger charge is 2.39. The summed E-state index contributed by atoms with van der Waals surface area (Å²) in [5.41, 5.74) is 1.77. The monoisotopic (exact) mass is 456 g/mol. The molecule has 1 amide bonds. The van der Waals surface area contributed by atoms with Gasteiger partial charge in [-0.1, -0.05) is 38.1 Å². The zero-order valence-electron chi connectivity index (χ0n) is 19.1. The normalized spacial score (nSPS) is 20.4. The fourth-order valence-electron chi connectivity index (χ4n) is 4.75. The summed E-state index contributed by atoms with van der Waals surface area (Å²) >= 11 is 0. The SMILES string of the molecule is CCC1(CC)C[C@@H](NC(=O)c2cc(S(=O)(=O)N3CCCC3)ccc2C)c2ccccc2O1. The number of rotatable bonds is 6. The molecule has 0 saturated carbocycles. The third-order valence-corrected chi connectivity index (χ3v) is 8.84. The molecule has 0 bridgehead atoms. The quantitative estimate of drug-likeness (QED) is 0.690. The molecule has 4 rings (SSSR count). The number of para-hydroxylation sites is 1. The Hall–Kier alpha value is -2.38. The molecule has 2 aliphatic heterocycles. The fraction of sp³-hybridized carbons (Fsp3) is 0.480. The standard InChI is InChI=1S/C25H32N2O4S/c1-4-25(5-2)17-22(20-10-6-7-11-23(20)31-25)26-24(28)21-16-19(13-12-18(21)3)32(29,30)27-14-8-9-15-27/h6-7,10-13,16,22H,4-5,8-9,14-15,17H2,1-3H3,(H,26,28)/t22-/m1/s1. The number of fused-ring (bicyclic) bond motifs is 1.